The molecule has 1 unspecified atom stereocenters. The van der Waals surface area contributed by atoms with E-state index in [1.165, 1.54) is 0 Å². The van der Waals surface area contributed by atoms with E-state index < -0.39 is 0 Å². The molecule has 0 saturated heterocycles. The molecule has 8 nitrogen and oxygen atoms in total. The Morgan fingerprint density at radius 3 is 2.55 bits per heavy atom. The second-order valence-electron chi connectivity index (χ2n) is 7.43. The van der Waals surface area contributed by atoms with E-state index in [2.05, 4.69) is 10.3 Å². The van der Waals surface area contributed by atoms with E-state index in [9.17, 15) is 5.11 Å². The van der Waals surface area contributed by atoms with Crippen LogP contribution in [0.25, 0.3) is 0 Å². The average Bonchev–Trinajstić information content (AvgIpc) is 2.77. The fourth-order valence-corrected chi connectivity index (χ4v) is 3.32. The molecule has 0 radical (unpaired) electrons. The van der Waals surface area contributed by atoms with Crippen molar-refractivity contribution in [2.24, 2.45) is 17.4 Å². The number of nitrogens with zero attached hydrogens (tertiary/aromatic N) is 1. The molecule has 1 aliphatic rings. The summed E-state index contributed by atoms with van der Waals surface area (Å²) in [6.45, 7) is 2.63. The van der Waals surface area contributed by atoms with Crippen LogP contribution in [0.4, 0.5) is 5.69 Å². The molecule has 0 amide bonds. The van der Waals surface area contributed by atoms with Crippen LogP contribution >= 0.6 is 0 Å². The van der Waals surface area contributed by atoms with E-state index in [1.807, 2.05) is 37.3 Å². The minimum absolute atomic E-state index is 0.0346. The molecule has 0 fully saturated rings. The van der Waals surface area contributed by atoms with Crippen LogP contribution < -0.4 is 21.5 Å². The molecule has 31 heavy (non-hydrogen) atoms. The van der Waals surface area contributed by atoms with Crippen molar-refractivity contribution in [3.05, 3.63) is 76.6 Å². The monoisotopic (exact) mass is 420 g/mol. The number of aromatic nitrogens is 1. The molecule has 0 bridgehead atoms. The average molecular weight is 421 g/mol. The number of hydrogen-bond acceptors (Lipinski definition) is 6. The third kappa shape index (κ3) is 5.49. The molecule has 0 spiro atoms. The first-order valence-corrected chi connectivity index (χ1v) is 10.0. The highest BCUT2D eigenvalue weighted by Crippen LogP contribution is 2.30. The van der Waals surface area contributed by atoms with Crippen molar-refractivity contribution >= 4 is 17.4 Å². The number of aliphatic hydroxyl groups excluding tert-OH is 1. The zero-order valence-electron chi connectivity index (χ0n) is 17.5. The van der Waals surface area contributed by atoms with Crippen LogP contribution in [0.2, 0.25) is 0 Å². The van der Waals surface area contributed by atoms with Gasteiger partial charge in [0.05, 0.1) is 30.8 Å². The Morgan fingerprint density at radius 1 is 1.23 bits per heavy atom. The van der Waals surface area contributed by atoms with Gasteiger partial charge in [0.2, 0.25) is 0 Å². The van der Waals surface area contributed by atoms with Crippen molar-refractivity contribution in [3.8, 4) is 5.75 Å². The number of allylic oxidation sites excluding steroid dienone is 1. The predicted octanol–water partition coefficient (Wildman–Crippen LogP) is 2.60. The Balaban J connectivity index is 1.68. The van der Waals surface area contributed by atoms with E-state index >= 15 is 0 Å². The molecule has 8 N–H and O–H groups in total. The topological polar surface area (TPSA) is 154 Å². The van der Waals surface area contributed by atoms with Gasteiger partial charge in [-0.15, -0.1) is 0 Å². The zero-order valence-corrected chi connectivity index (χ0v) is 17.5. The first-order valence-electron chi connectivity index (χ1n) is 10.0. The van der Waals surface area contributed by atoms with E-state index in [4.69, 9.17) is 27.0 Å². The van der Waals surface area contributed by atoms with E-state index in [-0.39, 0.29) is 24.2 Å². The highest BCUT2D eigenvalue weighted by molar-refractivity contribution is 5.97. The fraction of sp³-hybridized carbons (Fsp3) is 0.261. The minimum Gasteiger partial charge on any atom is -0.491 e. The maximum absolute atomic E-state index is 10.0. The van der Waals surface area contributed by atoms with Gasteiger partial charge in [0.15, 0.2) is 0 Å². The van der Waals surface area contributed by atoms with Crippen molar-refractivity contribution < 1.29 is 9.84 Å². The fourth-order valence-electron chi connectivity index (χ4n) is 3.32. The van der Waals surface area contributed by atoms with Crippen LogP contribution in [0.1, 0.15) is 28.8 Å². The lowest BCUT2D eigenvalue weighted by Gasteiger charge is -2.20. The van der Waals surface area contributed by atoms with Crippen molar-refractivity contribution in [3.63, 3.8) is 0 Å². The van der Waals surface area contributed by atoms with Gasteiger partial charge in [0, 0.05) is 29.2 Å². The van der Waals surface area contributed by atoms with Crippen LogP contribution in [-0.4, -0.2) is 28.4 Å². The highest BCUT2D eigenvalue weighted by Gasteiger charge is 2.16. The molecular formula is C23H28N6O2. The minimum atomic E-state index is -0.181. The SMILES string of the molecule is Cc1ncc(NCc2ccc(C(=N)N)cc2)c(CO)c1OCC1C=CC(C(=N)N)=CC1. The van der Waals surface area contributed by atoms with E-state index in [0.717, 1.165) is 17.6 Å². The molecule has 3 rings (SSSR count). The van der Waals surface area contributed by atoms with Crippen molar-refractivity contribution in [2.75, 3.05) is 11.9 Å². The van der Waals surface area contributed by atoms with Gasteiger partial charge in [-0.2, -0.15) is 0 Å². The zero-order chi connectivity index (χ0) is 22.4. The molecule has 1 heterocycles. The first kappa shape index (κ1) is 22.0. The number of nitrogens with two attached hydrogens (primary N) is 2. The van der Waals surface area contributed by atoms with Gasteiger partial charge in [-0.05, 0) is 18.9 Å². The second-order valence-corrected chi connectivity index (χ2v) is 7.43. The molecular weight excluding hydrogens is 392 g/mol. The summed E-state index contributed by atoms with van der Waals surface area (Å²) in [6.07, 6.45) is 8.20. The molecule has 8 heteroatoms. The molecule has 0 saturated carbocycles. The number of aryl methyl sites for hydroxylation is 1. The number of anilines is 1. The number of nitrogens with one attached hydrogen (secondary N) is 3. The lowest BCUT2D eigenvalue weighted by molar-refractivity contribution is 0.246. The van der Waals surface area contributed by atoms with Crippen LogP contribution in [0.5, 0.6) is 5.75 Å². The van der Waals surface area contributed by atoms with Gasteiger partial charge >= 0.3 is 0 Å². The third-order valence-electron chi connectivity index (χ3n) is 5.16. The van der Waals surface area contributed by atoms with Gasteiger partial charge in [-0.1, -0.05) is 42.5 Å². The molecule has 162 valence electrons. The standard InChI is InChI=1S/C23H28N6O2/c1-14-21(31-13-16-4-8-18(9-5-16)23(26)27)19(12-30)20(11-28-14)29-10-15-2-6-17(7-3-15)22(24)25/h2-4,6-9,11,16,29-30H,5,10,12-13H2,1H3,(H3,24,25)(H3,26,27). The number of benzene rings is 1. The Labute approximate surface area is 181 Å². The third-order valence-corrected chi connectivity index (χ3v) is 5.16. The number of nitrogen functional groups attached to an aromatic ring is 1. The summed E-state index contributed by atoms with van der Waals surface area (Å²) in [4.78, 5) is 4.42. The molecule has 2 aromatic rings. The van der Waals surface area contributed by atoms with Gasteiger partial charge in [-0.3, -0.25) is 15.8 Å². The molecule has 1 atom stereocenters. The summed E-state index contributed by atoms with van der Waals surface area (Å²) < 4.78 is 6.06. The van der Waals surface area contributed by atoms with Crippen molar-refractivity contribution in [2.45, 2.75) is 26.5 Å². The Kier molecular flexibility index (Phi) is 7.04. The molecule has 1 aromatic carbocycles. The lowest BCUT2D eigenvalue weighted by atomic mass is 9.97. The lowest BCUT2D eigenvalue weighted by Crippen LogP contribution is -2.17. The maximum Gasteiger partial charge on any atom is 0.148 e. The summed E-state index contributed by atoms with van der Waals surface area (Å²) in [5.74, 6) is 0.833. The van der Waals surface area contributed by atoms with Gasteiger partial charge in [0.25, 0.3) is 0 Å². The predicted molar refractivity (Wildman–Crippen MR) is 122 cm³/mol. The Hall–Kier alpha value is -3.65. The number of ether oxygens (including phenoxy) is 1. The molecule has 1 aromatic heterocycles. The summed E-state index contributed by atoms with van der Waals surface area (Å²) in [5, 5.41) is 28.3. The van der Waals surface area contributed by atoms with E-state index in [0.29, 0.717) is 41.4 Å². The van der Waals surface area contributed by atoms with Crippen LogP contribution in [0.15, 0.2) is 54.3 Å². The van der Waals surface area contributed by atoms with Crippen LogP contribution in [0.3, 0.4) is 0 Å². The summed E-state index contributed by atoms with van der Waals surface area (Å²) in [7, 11) is 0. The first-order chi connectivity index (χ1) is 14.9. The number of pyridine rings is 1. The normalized spacial score (nSPS) is 15.3. The number of aliphatic hydroxyl groups is 1. The van der Waals surface area contributed by atoms with Crippen molar-refractivity contribution in [1.29, 1.82) is 10.8 Å². The van der Waals surface area contributed by atoms with E-state index in [1.54, 1.807) is 18.3 Å². The van der Waals surface area contributed by atoms with Crippen LogP contribution in [0, 0.1) is 23.7 Å². The number of rotatable bonds is 9. The maximum atomic E-state index is 10.0. The van der Waals surface area contributed by atoms with Gasteiger partial charge < -0.3 is 26.6 Å². The van der Waals surface area contributed by atoms with Gasteiger partial charge in [0.1, 0.15) is 17.4 Å². The largest absolute Gasteiger partial charge is 0.491 e. The highest BCUT2D eigenvalue weighted by atomic mass is 16.5. The molecule has 1 aliphatic carbocycles. The van der Waals surface area contributed by atoms with Crippen molar-refractivity contribution in [1.82, 2.24) is 4.98 Å². The summed E-state index contributed by atoms with van der Waals surface area (Å²) in [6, 6.07) is 7.41. The Morgan fingerprint density at radius 2 is 1.97 bits per heavy atom. The quantitative estimate of drug-likeness (QED) is 0.271. The number of amidine groups is 2. The summed E-state index contributed by atoms with van der Waals surface area (Å²) in [5.41, 5.74) is 15.5. The number of hydrogen-bond donors (Lipinski definition) is 6. The smallest absolute Gasteiger partial charge is 0.148 e. The molecule has 0 aliphatic heterocycles. The Bertz CT molecular complexity index is 1030. The second kappa shape index (κ2) is 9.90. The summed E-state index contributed by atoms with van der Waals surface area (Å²) >= 11 is 0. The van der Waals surface area contributed by atoms with Gasteiger partial charge in [-0.25, -0.2) is 0 Å². The van der Waals surface area contributed by atoms with Crippen LogP contribution in [-0.2, 0) is 13.2 Å².